The first-order valence-corrected chi connectivity index (χ1v) is 8.20. The Balaban J connectivity index is 1.77. The van der Waals surface area contributed by atoms with Crippen molar-refractivity contribution in [3.8, 4) is 11.5 Å². The van der Waals surface area contributed by atoms with Crippen molar-refractivity contribution >= 4 is 17.5 Å². The molecule has 24 heavy (non-hydrogen) atoms. The van der Waals surface area contributed by atoms with E-state index in [0.29, 0.717) is 29.4 Å². The normalized spacial score (nSPS) is 17.1. The molecule has 1 amide bonds. The summed E-state index contributed by atoms with van der Waals surface area (Å²) >= 11 is 5.81. The number of rotatable bonds is 4. The molecule has 6 heteroatoms. The molecular formula is C18H18ClFN2O2. The Morgan fingerprint density at radius 1 is 1.29 bits per heavy atom. The number of amides is 1. The quantitative estimate of drug-likeness (QED) is 0.913. The van der Waals surface area contributed by atoms with Crippen LogP contribution < -0.4 is 10.5 Å². The highest BCUT2D eigenvalue weighted by Gasteiger charge is 2.28. The van der Waals surface area contributed by atoms with Crippen molar-refractivity contribution in [2.24, 2.45) is 5.73 Å². The van der Waals surface area contributed by atoms with Gasteiger partial charge in [0.15, 0.2) is 11.6 Å². The summed E-state index contributed by atoms with van der Waals surface area (Å²) in [7, 11) is 0. The van der Waals surface area contributed by atoms with Crippen molar-refractivity contribution in [2.45, 2.75) is 18.9 Å². The topological polar surface area (TPSA) is 55.6 Å². The van der Waals surface area contributed by atoms with Crippen molar-refractivity contribution in [1.29, 1.82) is 0 Å². The molecule has 2 N–H and O–H groups in total. The Kier molecular flexibility index (Phi) is 5.02. The van der Waals surface area contributed by atoms with Gasteiger partial charge in [-0.15, -0.1) is 0 Å². The van der Waals surface area contributed by atoms with E-state index in [-0.39, 0.29) is 17.7 Å². The summed E-state index contributed by atoms with van der Waals surface area (Å²) in [5, 5.41) is 0.573. The lowest BCUT2D eigenvalue weighted by Crippen LogP contribution is -2.39. The molecule has 126 valence electrons. The maximum atomic E-state index is 14.3. The van der Waals surface area contributed by atoms with Crippen LogP contribution in [0, 0.1) is 5.82 Å². The van der Waals surface area contributed by atoms with E-state index in [1.165, 1.54) is 12.1 Å². The molecule has 0 aliphatic carbocycles. The van der Waals surface area contributed by atoms with Gasteiger partial charge in [0.05, 0.1) is 0 Å². The standard InChI is InChI=1S/C18H18ClFN2O2/c19-13-4-6-15(7-5-13)24-17-8-3-12(10-16(17)20)18(23)22-9-1-2-14(22)11-21/h3-8,10,14H,1-2,9,11,21H2. The van der Waals surface area contributed by atoms with Crippen LogP contribution in [0.15, 0.2) is 42.5 Å². The highest BCUT2D eigenvalue weighted by molar-refractivity contribution is 6.30. The van der Waals surface area contributed by atoms with E-state index >= 15 is 0 Å². The molecule has 1 aliphatic rings. The minimum atomic E-state index is -0.584. The summed E-state index contributed by atoms with van der Waals surface area (Å²) < 4.78 is 19.8. The van der Waals surface area contributed by atoms with Gasteiger partial charge < -0.3 is 15.4 Å². The molecule has 1 saturated heterocycles. The zero-order valence-electron chi connectivity index (χ0n) is 13.0. The van der Waals surface area contributed by atoms with Crippen molar-refractivity contribution in [3.05, 3.63) is 58.9 Å². The monoisotopic (exact) mass is 348 g/mol. The third-order valence-electron chi connectivity index (χ3n) is 4.13. The average molecular weight is 349 g/mol. The Bertz CT molecular complexity index is 736. The molecule has 2 aromatic carbocycles. The lowest BCUT2D eigenvalue weighted by atomic mass is 10.1. The first-order chi connectivity index (χ1) is 11.6. The van der Waals surface area contributed by atoms with Crippen molar-refractivity contribution in [3.63, 3.8) is 0 Å². The minimum absolute atomic E-state index is 0.0329. The number of nitrogens with zero attached hydrogens (tertiary/aromatic N) is 1. The second kappa shape index (κ2) is 7.20. The van der Waals surface area contributed by atoms with Crippen LogP contribution in [0.1, 0.15) is 23.2 Å². The van der Waals surface area contributed by atoms with E-state index in [0.717, 1.165) is 12.8 Å². The number of carbonyl (C=O) groups is 1. The second-order valence-corrected chi connectivity index (χ2v) is 6.17. The van der Waals surface area contributed by atoms with Gasteiger partial charge in [-0.25, -0.2) is 4.39 Å². The lowest BCUT2D eigenvalue weighted by Gasteiger charge is -2.23. The molecule has 0 saturated carbocycles. The number of benzene rings is 2. The minimum Gasteiger partial charge on any atom is -0.454 e. The molecule has 0 bridgehead atoms. The highest BCUT2D eigenvalue weighted by Crippen LogP contribution is 2.27. The summed E-state index contributed by atoms with van der Waals surface area (Å²) in [6, 6.07) is 10.9. The van der Waals surface area contributed by atoms with Crippen LogP contribution in [0.4, 0.5) is 4.39 Å². The second-order valence-electron chi connectivity index (χ2n) is 5.73. The molecule has 1 unspecified atom stereocenters. The summed E-state index contributed by atoms with van der Waals surface area (Å²) in [4.78, 5) is 14.2. The van der Waals surface area contributed by atoms with E-state index in [4.69, 9.17) is 22.1 Å². The summed E-state index contributed by atoms with van der Waals surface area (Å²) in [5.41, 5.74) is 6.00. The smallest absolute Gasteiger partial charge is 0.254 e. The predicted molar refractivity (Wildman–Crippen MR) is 91.0 cm³/mol. The van der Waals surface area contributed by atoms with Gasteiger partial charge in [-0.1, -0.05) is 11.6 Å². The van der Waals surface area contributed by atoms with Crippen LogP contribution in [0.3, 0.4) is 0 Å². The molecule has 0 spiro atoms. The van der Waals surface area contributed by atoms with E-state index in [1.54, 1.807) is 35.2 Å². The molecule has 1 fully saturated rings. The van der Waals surface area contributed by atoms with Gasteiger partial charge in [-0.2, -0.15) is 0 Å². The summed E-state index contributed by atoms with van der Waals surface area (Å²) in [6.07, 6.45) is 1.82. The van der Waals surface area contributed by atoms with Gasteiger partial charge in [0.2, 0.25) is 0 Å². The third-order valence-corrected chi connectivity index (χ3v) is 4.38. The van der Waals surface area contributed by atoms with Gasteiger partial charge in [-0.05, 0) is 55.3 Å². The van der Waals surface area contributed by atoms with E-state index < -0.39 is 5.82 Å². The molecule has 3 rings (SSSR count). The highest BCUT2D eigenvalue weighted by atomic mass is 35.5. The van der Waals surface area contributed by atoms with E-state index in [9.17, 15) is 9.18 Å². The molecule has 1 atom stereocenters. The summed E-state index contributed by atoms with van der Waals surface area (Å²) in [6.45, 7) is 1.08. The van der Waals surface area contributed by atoms with E-state index in [2.05, 4.69) is 0 Å². The maximum absolute atomic E-state index is 14.3. The number of ether oxygens (including phenoxy) is 1. The average Bonchev–Trinajstić information content (AvgIpc) is 3.06. The molecule has 1 aliphatic heterocycles. The van der Waals surface area contributed by atoms with Crippen LogP contribution in [0.25, 0.3) is 0 Å². The van der Waals surface area contributed by atoms with Crippen molar-refractivity contribution in [1.82, 2.24) is 4.90 Å². The lowest BCUT2D eigenvalue weighted by molar-refractivity contribution is 0.0740. The number of hydrogen-bond acceptors (Lipinski definition) is 3. The Morgan fingerprint density at radius 3 is 2.71 bits per heavy atom. The number of carbonyl (C=O) groups excluding carboxylic acids is 1. The number of likely N-dealkylation sites (tertiary alicyclic amines) is 1. The zero-order valence-corrected chi connectivity index (χ0v) is 13.8. The number of halogens is 2. The van der Waals surface area contributed by atoms with Crippen LogP contribution in [-0.2, 0) is 0 Å². The molecular weight excluding hydrogens is 331 g/mol. The number of hydrogen-bond donors (Lipinski definition) is 1. The largest absolute Gasteiger partial charge is 0.454 e. The van der Waals surface area contributed by atoms with Gasteiger partial charge >= 0.3 is 0 Å². The fourth-order valence-electron chi connectivity index (χ4n) is 2.86. The molecule has 0 aromatic heterocycles. The fourth-order valence-corrected chi connectivity index (χ4v) is 2.99. The Morgan fingerprint density at radius 2 is 2.04 bits per heavy atom. The first kappa shape index (κ1) is 16.7. The predicted octanol–water partition coefficient (Wildman–Crippen LogP) is 3.83. The fraction of sp³-hybridized carbons (Fsp3) is 0.278. The van der Waals surface area contributed by atoms with Gasteiger partial charge in [0.1, 0.15) is 5.75 Å². The van der Waals surface area contributed by atoms with E-state index in [1.807, 2.05) is 0 Å². The SMILES string of the molecule is NCC1CCCN1C(=O)c1ccc(Oc2ccc(Cl)cc2)c(F)c1. The molecule has 0 radical (unpaired) electrons. The van der Waals surface area contributed by atoms with Crippen molar-refractivity contribution < 1.29 is 13.9 Å². The van der Waals surface area contributed by atoms with Crippen LogP contribution in [0.5, 0.6) is 11.5 Å². The molecule has 1 heterocycles. The van der Waals surface area contributed by atoms with Crippen LogP contribution >= 0.6 is 11.6 Å². The molecule has 2 aromatic rings. The van der Waals surface area contributed by atoms with Crippen LogP contribution in [0.2, 0.25) is 5.02 Å². The Hall–Kier alpha value is -2.11. The van der Waals surface area contributed by atoms with Gasteiger partial charge in [-0.3, -0.25) is 4.79 Å². The van der Waals surface area contributed by atoms with Gasteiger partial charge in [0, 0.05) is 29.7 Å². The number of nitrogens with two attached hydrogens (primary N) is 1. The third kappa shape index (κ3) is 3.52. The van der Waals surface area contributed by atoms with Crippen LogP contribution in [-0.4, -0.2) is 29.9 Å². The summed E-state index contributed by atoms with van der Waals surface area (Å²) in [5.74, 6) is -0.245. The van der Waals surface area contributed by atoms with Gasteiger partial charge in [0.25, 0.3) is 5.91 Å². The zero-order chi connectivity index (χ0) is 17.1. The maximum Gasteiger partial charge on any atom is 0.254 e. The first-order valence-electron chi connectivity index (χ1n) is 7.82. The molecule has 4 nitrogen and oxygen atoms in total. The van der Waals surface area contributed by atoms with Crippen molar-refractivity contribution in [2.75, 3.05) is 13.1 Å². The Labute approximate surface area is 145 Å².